The molecule has 0 saturated carbocycles. The molecule has 0 heteroatoms. The standard InChI is InChI=1S/C20H24/c1-5-6-9-17-12-13-18(14-16(17)4)20-11-8-7-10-19(20)15(2)3/h7-8,10-14H,2,5-6,9H2,1,3-4H3. The van der Waals surface area contributed by atoms with Gasteiger partial charge in [-0.3, -0.25) is 0 Å². The van der Waals surface area contributed by atoms with E-state index in [1.54, 1.807) is 0 Å². The highest BCUT2D eigenvalue weighted by molar-refractivity contribution is 5.80. The van der Waals surface area contributed by atoms with Gasteiger partial charge in [-0.25, -0.2) is 0 Å². The number of hydrogen-bond acceptors (Lipinski definition) is 0. The van der Waals surface area contributed by atoms with E-state index in [0.29, 0.717) is 0 Å². The highest BCUT2D eigenvalue weighted by Crippen LogP contribution is 2.29. The van der Waals surface area contributed by atoms with Crippen LogP contribution in [0.25, 0.3) is 16.7 Å². The molecule has 0 nitrogen and oxygen atoms in total. The van der Waals surface area contributed by atoms with Gasteiger partial charge in [0.15, 0.2) is 0 Å². The SMILES string of the molecule is C=C(C)c1ccccc1-c1ccc(CCCC)c(C)c1. The van der Waals surface area contributed by atoms with Crippen molar-refractivity contribution in [1.82, 2.24) is 0 Å². The van der Waals surface area contributed by atoms with E-state index in [1.807, 2.05) is 0 Å². The summed E-state index contributed by atoms with van der Waals surface area (Å²) in [6.07, 6.45) is 3.70. The third-order valence-corrected chi connectivity index (χ3v) is 3.84. The Bertz CT molecular complexity index is 605. The van der Waals surface area contributed by atoms with Gasteiger partial charge >= 0.3 is 0 Å². The molecule has 0 bridgehead atoms. The smallest absolute Gasteiger partial charge is 0.0109 e. The Hall–Kier alpha value is -1.82. The Labute approximate surface area is 123 Å². The van der Waals surface area contributed by atoms with Crippen molar-refractivity contribution in [3.05, 3.63) is 65.7 Å². The van der Waals surface area contributed by atoms with Crippen LogP contribution in [0.2, 0.25) is 0 Å². The summed E-state index contributed by atoms with van der Waals surface area (Å²) >= 11 is 0. The van der Waals surface area contributed by atoms with E-state index in [4.69, 9.17) is 0 Å². The average Bonchev–Trinajstić information content (AvgIpc) is 2.46. The first-order valence-electron chi connectivity index (χ1n) is 7.48. The second-order valence-electron chi connectivity index (χ2n) is 5.57. The highest BCUT2D eigenvalue weighted by atomic mass is 14.1. The molecule has 20 heavy (non-hydrogen) atoms. The summed E-state index contributed by atoms with van der Waals surface area (Å²) in [5.41, 5.74) is 7.81. The minimum atomic E-state index is 1.12. The molecule has 104 valence electrons. The molecule has 0 heterocycles. The molecule has 0 aliphatic carbocycles. The van der Waals surface area contributed by atoms with Crippen LogP contribution in [0, 0.1) is 6.92 Å². The van der Waals surface area contributed by atoms with Crippen LogP contribution in [0.5, 0.6) is 0 Å². The largest absolute Gasteiger partial charge is 0.0955 e. The predicted molar refractivity (Wildman–Crippen MR) is 89.9 cm³/mol. The summed E-state index contributed by atoms with van der Waals surface area (Å²) in [5, 5.41) is 0. The maximum Gasteiger partial charge on any atom is -0.0109 e. The van der Waals surface area contributed by atoms with Crippen molar-refractivity contribution in [2.24, 2.45) is 0 Å². The average molecular weight is 264 g/mol. The molecule has 0 unspecified atom stereocenters. The van der Waals surface area contributed by atoms with Crippen LogP contribution in [0.3, 0.4) is 0 Å². The first-order valence-corrected chi connectivity index (χ1v) is 7.48. The fourth-order valence-corrected chi connectivity index (χ4v) is 2.62. The minimum absolute atomic E-state index is 1.12. The van der Waals surface area contributed by atoms with E-state index in [9.17, 15) is 0 Å². The van der Waals surface area contributed by atoms with Gasteiger partial charge < -0.3 is 0 Å². The maximum absolute atomic E-state index is 4.09. The molecule has 0 atom stereocenters. The lowest BCUT2D eigenvalue weighted by molar-refractivity contribution is 0.791. The Morgan fingerprint density at radius 2 is 1.85 bits per heavy atom. The summed E-state index contributed by atoms with van der Waals surface area (Å²) in [6, 6.07) is 15.4. The normalized spacial score (nSPS) is 10.6. The number of benzene rings is 2. The van der Waals surface area contributed by atoms with Gasteiger partial charge in [-0.15, -0.1) is 0 Å². The van der Waals surface area contributed by atoms with E-state index >= 15 is 0 Å². The van der Waals surface area contributed by atoms with Crippen molar-refractivity contribution in [3.63, 3.8) is 0 Å². The van der Waals surface area contributed by atoms with E-state index in [0.717, 1.165) is 5.57 Å². The summed E-state index contributed by atoms with van der Waals surface area (Å²) in [5.74, 6) is 0. The Morgan fingerprint density at radius 1 is 1.10 bits per heavy atom. The van der Waals surface area contributed by atoms with Gasteiger partial charge in [0.05, 0.1) is 0 Å². The molecule has 2 rings (SSSR count). The number of rotatable bonds is 5. The molecule has 2 aromatic carbocycles. The van der Waals surface area contributed by atoms with Crippen molar-refractivity contribution in [2.45, 2.75) is 40.0 Å². The van der Waals surface area contributed by atoms with Crippen molar-refractivity contribution in [2.75, 3.05) is 0 Å². The first-order chi connectivity index (χ1) is 9.63. The van der Waals surface area contributed by atoms with Crippen LogP contribution in [0.15, 0.2) is 49.0 Å². The summed E-state index contributed by atoms with van der Waals surface area (Å²) in [7, 11) is 0. The monoisotopic (exact) mass is 264 g/mol. The molecule has 0 fully saturated rings. The second-order valence-corrected chi connectivity index (χ2v) is 5.57. The van der Waals surface area contributed by atoms with Crippen LogP contribution in [0.4, 0.5) is 0 Å². The van der Waals surface area contributed by atoms with Crippen LogP contribution >= 0.6 is 0 Å². The van der Waals surface area contributed by atoms with E-state index in [2.05, 4.69) is 69.8 Å². The van der Waals surface area contributed by atoms with Gasteiger partial charge in [-0.05, 0) is 54.5 Å². The van der Waals surface area contributed by atoms with E-state index in [-0.39, 0.29) is 0 Å². The van der Waals surface area contributed by atoms with Crippen LogP contribution < -0.4 is 0 Å². The van der Waals surface area contributed by atoms with Gasteiger partial charge in [-0.1, -0.05) is 68.0 Å². The van der Waals surface area contributed by atoms with E-state index in [1.165, 1.54) is 47.1 Å². The third-order valence-electron chi connectivity index (χ3n) is 3.84. The summed E-state index contributed by atoms with van der Waals surface area (Å²) in [4.78, 5) is 0. The van der Waals surface area contributed by atoms with Crippen LogP contribution in [-0.2, 0) is 6.42 Å². The van der Waals surface area contributed by atoms with Gasteiger partial charge in [0.1, 0.15) is 0 Å². The Balaban J connectivity index is 2.39. The molecule has 2 aromatic rings. The Kier molecular flexibility index (Phi) is 4.79. The van der Waals surface area contributed by atoms with Gasteiger partial charge in [0, 0.05) is 0 Å². The molecule has 0 saturated heterocycles. The lowest BCUT2D eigenvalue weighted by Gasteiger charge is -2.12. The lowest BCUT2D eigenvalue weighted by Crippen LogP contribution is -1.92. The van der Waals surface area contributed by atoms with Gasteiger partial charge in [0.2, 0.25) is 0 Å². The minimum Gasteiger partial charge on any atom is -0.0955 e. The third kappa shape index (κ3) is 3.19. The maximum atomic E-state index is 4.09. The van der Waals surface area contributed by atoms with Crippen molar-refractivity contribution in [1.29, 1.82) is 0 Å². The Morgan fingerprint density at radius 3 is 2.50 bits per heavy atom. The quantitative estimate of drug-likeness (QED) is 0.617. The number of unbranched alkanes of at least 4 members (excludes halogenated alkanes) is 1. The zero-order chi connectivity index (χ0) is 14.5. The number of allylic oxidation sites excluding steroid dienone is 1. The fourth-order valence-electron chi connectivity index (χ4n) is 2.62. The predicted octanol–water partition coefficient (Wildman–Crippen LogP) is 6.04. The lowest BCUT2D eigenvalue weighted by atomic mass is 9.92. The van der Waals surface area contributed by atoms with Crippen LogP contribution in [0.1, 0.15) is 43.4 Å². The van der Waals surface area contributed by atoms with Crippen molar-refractivity contribution in [3.8, 4) is 11.1 Å². The van der Waals surface area contributed by atoms with Crippen LogP contribution in [-0.4, -0.2) is 0 Å². The van der Waals surface area contributed by atoms with Gasteiger partial charge in [0.25, 0.3) is 0 Å². The number of aryl methyl sites for hydroxylation is 2. The highest BCUT2D eigenvalue weighted by Gasteiger charge is 2.07. The van der Waals surface area contributed by atoms with Gasteiger partial charge in [-0.2, -0.15) is 0 Å². The topological polar surface area (TPSA) is 0 Å². The molecular weight excluding hydrogens is 240 g/mol. The fraction of sp³-hybridized carbons (Fsp3) is 0.300. The summed E-state index contributed by atoms with van der Waals surface area (Å²) < 4.78 is 0. The molecular formula is C20H24. The first kappa shape index (κ1) is 14.6. The molecule has 0 N–H and O–H groups in total. The van der Waals surface area contributed by atoms with E-state index < -0.39 is 0 Å². The number of hydrogen-bond donors (Lipinski definition) is 0. The molecule has 0 aliphatic rings. The molecule has 0 spiro atoms. The second kappa shape index (κ2) is 6.56. The molecule has 0 amide bonds. The molecule has 0 aliphatic heterocycles. The zero-order valence-corrected chi connectivity index (χ0v) is 12.9. The molecule has 0 aromatic heterocycles. The van der Waals surface area contributed by atoms with Crippen molar-refractivity contribution >= 4 is 5.57 Å². The zero-order valence-electron chi connectivity index (χ0n) is 12.9. The summed E-state index contributed by atoms with van der Waals surface area (Å²) in [6.45, 7) is 10.6. The molecule has 0 radical (unpaired) electrons. The van der Waals surface area contributed by atoms with Crippen molar-refractivity contribution < 1.29 is 0 Å².